The van der Waals surface area contributed by atoms with Crippen LogP contribution >= 0.6 is 0 Å². The van der Waals surface area contributed by atoms with Crippen LogP contribution in [0.3, 0.4) is 0 Å². The highest BCUT2D eigenvalue weighted by Gasteiger charge is 2.17. The van der Waals surface area contributed by atoms with Crippen LogP contribution in [0.2, 0.25) is 0 Å². The van der Waals surface area contributed by atoms with Crippen LogP contribution in [-0.4, -0.2) is 16.2 Å². The van der Waals surface area contributed by atoms with Crippen molar-refractivity contribution in [2.24, 2.45) is 11.7 Å². The maximum atomic E-state index is 5.90. The maximum Gasteiger partial charge on any atom is 0.226 e. The zero-order valence-corrected chi connectivity index (χ0v) is 11.4. The van der Waals surface area contributed by atoms with Gasteiger partial charge in [0.15, 0.2) is 5.82 Å². The first kappa shape index (κ1) is 13.5. The van der Waals surface area contributed by atoms with Gasteiger partial charge < -0.3 is 10.3 Å². The molecule has 1 aromatic heterocycles. The Labute approximate surface area is 109 Å². The second-order valence-corrected chi connectivity index (χ2v) is 5.54. The van der Waals surface area contributed by atoms with Gasteiger partial charge in [0.25, 0.3) is 0 Å². The van der Waals surface area contributed by atoms with Gasteiger partial charge in [-0.25, -0.2) is 0 Å². The highest BCUT2D eigenvalue weighted by atomic mass is 16.5. The Morgan fingerprint density at radius 2 is 2.00 bits per heavy atom. The van der Waals surface area contributed by atoms with Crippen molar-refractivity contribution in [3.05, 3.63) is 11.7 Å². The van der Waals surface area contributed by atoms with Crippen molar-refractivity contribution in [2.45, 2.75) is 70.8 Å². The molecule has 2 rings (SSSR count). The van der Waals surface area contributed by atoms with Crippen molar-refractivity contribution < 1.29 is 4.52 Å². The molecule has 0 amide bonds. The monoisotopic (exact) mass is 251 g/mol. The number of rotatable bonds is 5. The molecule has 1 aromatic rings. The van der Waals surface area contributed by atoms with Crippen LogP contribution < -0.4 is 5.73 Å². The second-order valence-electron chi connectivity index (χ2n) is 5.54. The van der Waals surface area contributed by atoms with Gasteiger partial charge in [-0.15, -0.1) is 0 Å². The molecule has 0 spiro atoms. The summed E-state index contributed by atoms with van der Waals surface area (Å²) in [7, 11) is 0. The van der Waals surface area contributed by atoms with Crippen LogP contribution in [0, 0.1) is 5.92 Å². The van der Waals surface area contributed by atoms with Gasteiger partial charge in [0.05, 0.1) is 0 Å². The van der Waals surface area contributed by atoms with Gasteiger partial charge in [-0.05, 0) is 25.2 Å². The van der Waals surface area contributed by atoms with Crippen LogP contribution in [0.15, 0.2) is 4.52 Å². The predicted molar refractivity (Wildman–Crippen MR) is 71.2 cm³/mol. The van der Waals surface area contributed by atoms with E-state index < -0.39 is 0 Å². The Kier molecular flexibility index (Phi) is 5.17. The summed E-state index contributed by atoms with van der Waals surface area (Å²) in [4.78, 5) is 4.47. The summed E-state index contributed by atoms with van der Waals surface area (Å²) >= 11 is 0. The van der Waals surface area contributed by atoms with Crippen LogP contribution in [0.25, 0.3) is 0 Å². The first-order valence-electron chi connectivity index (χ1n) is 7.35. The average molecular weight is 251 g/mol. The van der Waals surface area contributed by atoms with Crippen molar-refractivity contribution in [3.63, 3.8) is 0 Å². The minimum Gasteiger partial charge on any atom is -0.339 e. The molecule has 18 heavy (non-hydrogen) atoms. The van der Waals surface area contributed by atoms with E-state index in [4.69, 9.17) is 10.3 Å². The van der Waals surface area contributed by atoms with Crippen molar-refractivity contribution >= 4 is 0 Å². The van der Waals surface area contributed by atoms with E-state index in [1.807, 2.05) is 0 Å². The van der Waals surface area contributed by atoms with Crippen LogP contribution in [-0.2, 0) is 12.8 Å². The number of nitrogens with zero attached hydrogens (tertiary/aromatic N) is 2. The Morgan fingerprint density at radius 1 is 1.28 bits per heavy atom. The normalized spacial score (nSPS) is 19.7. The first-order valence-corrected chi connectivity index (χ1v) is 7.35. The average Bonchev–Trinajstić information content (AvgIpc) is 2.63. The number of nitrogens with two attached hydrogens (primary N) is 1. The third-order valence-corrected chi connectivity index (χ3v) is 3.92. The van der Waals surface area contributed by atoms with Gasteiger partial charge in [0, 0.05) is 18.9 Å². The topological polar surface area (TPSA) is 64.9 Å². The lowest BCUT2D eigenvalue weighted by molar-refractivity contribution is 0.335. The minimum absolute atomic E-state index is 0.147. The van der Waals surface area contributed by atoms with Crippen LogP contribution in [0.1, 0.15) is 63.6 Å². The Morgan fingerprint density at radius 3 is 2.67 bits per heavy atom. The molecule has 1 saturated carbocycles. The highest BCUT2D eigenvalue weighted by Crippen LogP contribution is 2.25. The van der Waals surface area contributed by atoms with Gasteiger partial charge in [0.2, 0.25) is 5.89 Å². The Bertz CT molecular complexity index is 343. The molecule has 1 aliphatic rings. The highest BCUT2D eigenvalue weighted by molar-refractivity contribution is 4.91. The minimum atomic E-state index is 0.147. The molecule has 0 aliphatic heterocycles. The molecule has 0 saturated heterocycles. The van der Waals surface area contributed by atoms with E-state index in [-0.39, 0.29) is 6.04 Å². The lowest BCUT2D eigenvalue weighted by Crippen LogP contribution is -2.22. The predicted octanol–water partition coefficient (Wildman–Crippen LogP) is 2.86. The van der Waals surface area contributed by atoms with E-state index >= 15 is 0 Å². The molecule has 2 N–H and O–H groups in total. The first-order chi connectivity index (χ1) is 8.78. The smallest absolute Gasteiger partial charge is 0.226 e. The molecule has 0 aromatic carbocycles. The molecule has 1 fully saturated rings. The fraction of sp³-hybridized carbons (Fsp3) is 0.857. The largest absolute Gasteiger partial charge is 0.339 e. The quantitative estimate of drug-likeness (QED) is 0.817. The Balaban J connectivity index is 1.85. The third-order valence-electron chi connectivity index (χ3n) is 3.92. The maximum absolute atomic E-state index is 5.90. The van der Waals surface area contributed by atoms with Gasteiger partial charge in [-0.3, -0.25) is 0 Å². The molecule has 4 heteroatoms. The van der Waals surface area contributed by atoms with Gasteiger partial charge in [0.1, 0.15) is 0 Å². The lowest BCUT2D eigenvalue weighted by atomic mass is 9.97. The van der Waals surface area contributed by atoms with E-state index in [1.165, 1.54) is 38.5 Å². The van der Waals surface area contributed by atoms with Gasteiger partial charge in [-0.2, -0.15) is 4.98 Å². The van der Waals surface area contributed by atoms with Crippen molar-refractivity contribution in [1.29, 1.82) is 0 Å². The van der Waals surface area contributed by atoms with Crippen molar-refractivity contribution in [1.82, 2.24) is 10.1 Å². The standard InChI is InChI=1S/C14H25N3O/c1-2-12(15)10-13-16-14(18-17-13)9-11-7-5-3-4-6-8-11/h11-12H,2-10,15H2,1H3. The zero-order chi connectivity index (χ0) is 12.8. The summed E-state index contributed by atoms with van der Waals surface area (Å²) in [6.45, 7) is 2.08. The SMILES string of the molecule is CCC(N)Cc1noc(CC2CCCCCC2)n1. The Hall–Kier alpha value is -0.900. The molecular formula is C14H25N3O. The lowest BCUT2D eigenvalue weighted by Gasteiger charge is -2.09. The summed E-state index contributed by atoms with van der Waals surface area (Å²) in [5.74, 6) is 2.31. The molecule has 1 aliphatic carbocycles. The van der Waals surface area contributed by atoms with Crippen LogP contribution in [0.4, 0.5) is 0 Å². The van der Waals surface area contributed by atoms with Gasteiger partial charge in [-0.1, -0.05) is 37.8 Å². The zero-order valence-electron chi connectivity index (χ0n) is 11.4. The van der Waals surface area contributed by atoms with Crippen LogP contribution in [0.5, 0.6) is 0 Å². The van der Waals surface area contributed by atoms with Gasteiger partial charge >= 0.3 is 0 Å². The summed E-state index contributed by atoms with van der Waals surface area (Å²) in [6, 6.07) is 0.147. The third kappa shape index (κ3) is 4.09. The molecule has 0 radical (unpaired) electrons. The summed E-state index contributed by atoms with van der Waals surface area (Å²) < 4.78 is 5.34. The fourth-order valence-corrected chi connectivity index (χ4v) is 2.65. The number of aromatic nitrogens is 2. The van der Waals surface area contributed by atoms with E-state index in [9.17, 15) is 0 Å². The van der Waals surface area contributed by atoms with Crippen molar-refractivity contribution in [2.75, 3.05) is 0 Å². The molecule has 102 valence electrons. The fourth-order valence-electron chi connectivity index (χ4n) is 2.65. The molecule has 4 nitrogen and oxygen atoms in total. The number of hydrogen-bond donors (Lipinski definition) is 1. The molecule has 1 atom stereocenters. The molecular weight excluding hydrogens is 226 g/mol. The van der Waals surface area contributed by atoms with E-state index in [1.54, 1.807) is 0 Å². The molecule has 0 bridgehead atoms. The van der Waals surface area contributed by atoms with E-state index in [0.29, 0.717) is 0 Å². The molecule has 1 unspecified atom stereocenters. The van der Waals surface area contributed by atoms with E-state index in [0.717, 1.165) is 36.9 Å². The second kappa shape index (κ2) is 6.88. The summed E-state index contributed by atoms with van der Waals surface area (Å²) in [6.07, 6.45) is 10.7. The summed E-state index contributed by atoms with van der Waals surface area (Å²) in [5.41, 5.74) is 5.90. The summed E-state index contributed by atoms with van der Waals surface area (Å²) in [5, 5.41) is 4.03. The van der Waals surface area contributed by atoms with Crippen molar-refractivity contribution in [3.8, 4) is 0 Å². The molecule has 1 heterocycles. The number of hydrogen-bond acceptors (Lipinski definition) is 4. The van der Waals surface area contributed by atoms with E-state index in [2.05, 4.69) is 17.1 Å².